The molecular weight excluding hydrogens is 400 g/mol. The van der Waals surface area contributed by atoms with Crippen molar-refractivity contribution in [2.45, 2.75) is 13.5 Å². The van der Waals surface area contributed by atoms with Gasteiger partial charge in [-0.3, -0.25) is 14.9 Å². The van der Waals surface area contributed by atoms with Crippen LogP contribution in [-0.4, -0.2) is 47.5 Å². The van der Waals surface area contributed by atoms with Crippen LogP contribution in [0.4, 0.5) is 5.82 Å². The quantitative estimate of drug-likeness (QED) is 0.402. The number of benzene rings is 1. The molecule has 5 aromatic rings. The molecule has 0 saturated carbocycles. The van der Waals surface area contributed by atoms with Gasteiger partial charge in [0.2, 0.25) is 0 Å². The zero-order valence-electron chi connectivity index (χ0n) is 16.1. The number of nitrogen functional groups attached to an aromatic ring is 1. The van der Waals surface area contributed by atoms with Gasteiger partial charge in [0.25, 0.3) is 5.91 Å². The van der Waals surface area contributed by atoms with E-state index in [-0.39, 0.29) is 5.91 Å². The van der Waals surface area contributed by atoms with Crippen LogP contribution in [-0.2, 0) is 6.54 Å². The number of hydrogen-bond donors (Lipinski definition) is 3. The Balaban J connectivity index is 1.54. The summed E-state index contributed by atoms with van der Waals surface area (Å²) in [5.74, 6) is 0.929. The number of anilines is 1. The second-order valence-corrected chi connectivity index (χ2v) is 7.67. The molecule has 0 spiro atoms. The van der Waals surface area contributed by atoms with Crippen LogP contribution in [0.1, 0.15) is 22.4 Å². The first-order valence-corrected chi connectivity index (χ1v) is 10.3. The monoisotopic (exact) mass is 418 g/mol. The van der Waals surface area contributed by atoms with Gasteiger partial charge in [-0.2, -0.15) is 5.10 Å². The Bertz CT molecular complexity index is 1340. The molecule has 9 nitrogen and oxygen atoms in total. The summed E-state index contributed by atoms with van der Waals surface area (Å²) in [5.41, 5.74) is 11.8. The Morgan fingerprint density at radius 3 is 2.90 bits per heavy atom. The Labute approximate surface area is 175 Å². The predicted octanol–water partition coefficient (Wildman–Crippen LogP) is 3.20. The summed E-state index contributed by atoms with van der Waals surface area (Å²) in [6.45, 7) is 2.83. The third-order valence-electron chi connectivity index (χ3n) is 4.95. The first-order chi connectivity index (χ1) is 14.6. The highest BCUT2D eigenvalue weighted by molar-refractivity contribution is 7.11. The number of carbonyl (C=O) groups excluding carboxylic acids is 1. The number of amides is 1. The summed E-state index contributed by atoms with van der Waals surface area (Å²) in [7, 11) is 0. The van der Waals surface area contributed by atoms with Gasteiger partial charge >= 0.3 is 0 Å². The molecule has 4 aromatic heterocycles. The first-order valence-electron chi connectivity index (χ1n) is 9.39. The summed E-state index contributed by atoms with van der Waals surface area (Å²) in [6, 6.07) is 7.82. The number of aromatic amines is 2. The molecule has 0 aliphatic heterocycles. The molecule has 0 atom stereocenters. The molecule has 4 N–H and O–H groups in total. The van der Waals surface area contributed by atoms with Gasteiger partial charge in [0, 0.05) is 23.7 Å². The van der Waals surface area contributed by atoms with E-state index in [1.807, 2.05) is 31.2 Å². The van der Waals surface area contributed by atoms with Crippen LogP contribution in [0.15, 0.2) is 42.2 Å². The average Bonchev–Trinajstić information content (AvgIpc) is 3.53. The third kappa shape index (κ3) is 3.07. The standard InChI is InChI=1S/C20H18N8OS/c1-2-28(20(29)15-8-22-10-30-15)9-16-25-17-12-4-3-11(13-5-6-23-27-13)7-14(12)24-19(21)18(17)26-16/h3-8,10H,2,9H2,1H3,(H2,21,24)(H,23,27)(H,25,26). The topological polar surface area (TPSA) is 129 Å². The third-order valence-corrected chi connectivity index (χ3v) is 5.71. The highest BCUT2D eigenvalue weighted by Crippen LogP contribution is 2.29. The van der Waals surface area contributed by atoms with E-state index in [1.54, 1.807) is 22.8 Å². The van der Waals surface area contributed by atoms with Gasteiger partial charge < -0.3 is 15.6 Å². The average molecular weight is 418 g/mol. The molecule has 0 radical (unpaired) electrons. The van der Waals surface area contributed by atoms with Crippen LogP contribution in [0.2, 0.25) is 0 Å². The maximum Gasteiger partial charge on any atom is 0.265 e. The van der Waals surface area contributed by atoms with Crippen LogP contribution in [0.3, 0.4) is 0 Å². The molecule has 1 amide bonds. The van der Waals surface area contributed by atoms with Crippen LogP contribution in [0.25, 0.3) is 33.2 Å². The van der Waals surface area contributed by atoms with E-state index >= 15 is 0 Å². The number of imidazole rings is 1. The van der Waals surface area contributed by atoms with Crippen molar-refractivity contribution < 1.29 is 4.79 Å². The van der Waals surface area contributed by atoms with E-state index in [9.17, 15) is 4.79 Å². The van der Waals surface area contributed by atoms with Crippen LogP contribution in [0, 0.1) is 0 Å². The van der Waals surface area contributed by atoms with Gasteiger partial charge in [-0.25, -0.2) is 9.97 Å². The largest absolute Gasteiger partial charge is 0.382 e. The normalized spacial score (nSPS) is 11.4. The van der Waals surface area contributed by atoms with Gasteiger partial charge in [0.15, 0.2) is 5.82 Å². The molecule has 30 heavy (non-hydrogen) atoms. The van der Waals surface area contributed by atoms with E-state index in [4.69, 9.17) is 5.73 Å². The fourth-order valence-corrected chi connectivity index (χ4v) is 4.05. The van der Waals surface area contributed by atoms with Crippen molar-refractivity contribution in [3.63, 3.8) is 0 Å². The minimum atomic E-state index is -0.0694. The number of aromatic nitrogens is 6. The second kappa shape index (κ2) is 7.23. The van der Waals surface area contributed by atoms with Crippen LogP contribution >= 0.6 is 11.3 Å². The van der Waals surface area contributed by atoms with Crippen molar-refractivity contribution in [3.05, 3.63) is 52.9 Å². The fourth-order valence-electron chi connectivity index (χ4n) is 3.46. The van der Waals surface area contributed by atoms with Crippen molar-refractivity contribution in [2.75, 3.05) is 12.3 Å². The Kier molecular flexibility index (Phi) is 4.40. The number of thiazole rings is 1. The van der Waals surface area contributed by atoms with E-state index in [0.29, 0.717) is 35.1 Å². The maximum absolute atomic E-state index is 12.7. The van der Waals surface area contributed by atoms with Crippen molar-refractivity contribution >= 4 is 45.0 Å². The number of nitrogens with two attached hydrogens (primary N) is 1. The smallest absolute Gasteiger partial charge is 0.265 e. The van der Waals surface area contributed by atoms with Gasteiger partial charge in [0.1, 0.15) is 16.2 Å². The molecule has 0 saturated heterocycles. The molecule has 0 unspecified atom stereocenters. The number of rotatable bonds is 5. The molecule has 150 valence electrons. The fraction of sp³-hybridized carbons (Fsp3) is 0.150. The lowest BCUT2D eigenvalue weighted by Gasteiger charge is -2.18. The molecule has 0 bridgehead atoms. The zero-order chi connectivity index (χ0) is 20.7. The van der Waals surface area contributed by atoms with Crippen molar-refractivity contribution in [1.29, 1.82) is 0 Å². The Hall–Kier alpha value is -3.79. The highest BCUT2D eigenvalue weighted by Gasteiger charge is 2.19. The van der Waals surface area contributed by atoms with E-state index in [0.717, 1.165) is 27.7 Å². The highest BCUT2D eigenvalue weighted by atomic mass is 32.1. The molecule has 0 fully saturated rings. The number of H-pyrrole nitrogens is 2. The summed E-state index contributed by atoms with van der Waals surface area (Å²) >= 11 is 1.32. The molecule has 4 heterocycles. The van der Waals surface area contributed by atoms with Gasteiger partial charge in [-0.15, -0.1) is 11.3 Å². The van der Waals surface area contributed by atoms with Gasteiger partial charge in [-0.1, -0.05) is 6.07 Å². The minimum absolute atomic E-state index is 0.0694. The lowest BCUT2D eigenvalue weighted by atomic mass is 10.1. The lowest BCUT2D eigenvalue weighted by molar-refractivity contribution is 0.0753. The summed E-state index contributed by atoms with van der Waals surface area (Å²) in [5, 5.41) is 7.94. The zero-order valence-corrected chi connectivity index (χ0v) is 16.9. The van der Waals surface area contributed by atoms with Crippen LogP contribution in [0.5, 0.6) is 0 Å². The number of pyridine rings is 1. The Morgan fingerprint density at radius 2 is 2.17 bits per heavy atom. The van der Waals surface area contributed by atoms with Crippen molar-refractivity contribution in [2.24, 2.45) is 0 Å². The van der Waals surface area contributed by atoms with E-state index < -0.39 is 0 Å². The number of nitrogens with zero attached hydrogens (tertiary/aromatic N) is 5. The molecule has 0 aliphatic rings. The van der Waals surface area contributed by atoms with Crippen molar-refractivity contribution in [3.8, 4) is 11.3 Å². The minimum Gasteiger partial charge on any atom is -0.382 e. The number of fused-ring (bicyclic) bond motifs is 3. The molecular formula is C20H18N8OS. The molecule has 5 rings (SSSR count). The number of nitrogens with one attached hydrogen (secondary N) is 2. The first kappa shape index (κ1) is 18.3. The van der Waals surface area contributed by atoms with E-state index in [2.05, 4.69) is 30.1 Å². The predicted molar refractivity (Wildman–Crippen MR) is 116 cm³/mol. The lowest BCUT2D eigenvalue weighted by Crippen LogP contribution is -2.30. The van der Waals surface area contributed by atoms with Gasteiger partial charge in [-0.05, 0) is 25.1 Å². The molecule has 0 aliphatic carbocycles. The molecule has 10 heteroatoms. The Morgan fingerprint density at radius 1 is 1.27 bits per heavy atom. The van der Waals surface area contributed by atoms with Crippen molar-refractivity contribution in [1.82, 2.24) is 35.0 Å². The van der Waals surface area contributed by atoms with Crippen LogP contribution < -0.4 is 5.73 Å². The van der Waals surface area contributed by atoms with Gasteiger partial charge in [0.05, 0.1) is 35.0 Å². The summed E-state index contributed by atoms with van der Waals surface area (Å²) in [4.78, 5) is 31.5. The SMILES string of the molecule is CCN(Cc1nc2c(N)nc3cc(-c4cc[nH]n4)ccc3c2[nH]1)C(=O)c1cncs1. The summed E-state index contributed by atoms with van der Waals surface area (Å²) < 4.78 is 0. The second-order valence-electron chi connectivity index (χ2n) is 6.78. The van der Waals surface area contributed by atoms with E-state index in [1.165, 1.54) is 11.3 Å². The number of carbonyl (C=O) groups is 1. The number of hydrogen-bond acceptors (Lipinski definition) is 7. The summed E-state index contributed by atoms with van der Waals surface area (Å²) in [6.07, 6.45) is 3.36. The maximum atomic E-state index is 12.7. The molecule has 1 aromatic carbocycles.